The predicted molar refractivity (Wildman–Crippen MR) is 73.1 cm³/mol. The minimum absolute atomic E-state index is 0.547. The van der Waals surface area contributed by atoms with Gasteiger partial charge in [-0.2, -0.15) is 5.10 Å². The van der Waals surface area contributed by atoms with Crippen LogP contribution in [0.2, 0.25) is 5.15 Å². The van der Waals surface area contributed by atoms with E-state index in [9.17, 15) is 0 Å². The monoisotopic (exact) mass is 278 g/mol. The zero-order valence-electron chi connectivity index (χ0n) is 10.7. The molecule has 0 atom stereocenters. The Hall–Kier alpha value is -1.52. The van der Waals surface area contributed by atoms with Crippen LogP contribution < -0.4 is 4.74 Å². The second kappa shape index (κ2) is 5.23. The lowest BCUT2D eigenvalue weighted by molar-refractivity contribution is 0.110. The summed E-state index contributed by atoms with van der Waals surface area (Å²) in [6, 6.07) is 7.75. The largest absolute Gasteiger partial charge is 0.494 e. The van der Waals surface area contributed by atoms with Crippen molar-refractivity contribution in [1.82, 2.24) is 9.78 Å². The third kappa shape index (κ3) is 2.33. The molecule has 2 heterocycles. The zero-order valence-corrected chi connectivity index (χ0v) is 11.5. The highest BCUT2D eigenvalue weighted by Gasteiger charge is 2.20. The van der Waals surface area contributed by atoms with E-state index < -0.39 is 0 Å². The van der Waals surface area contributed by atoms with Crippen LogP contribution in [0.4, 0.5) is 0 Å². The van der Waals surface area contributed by atoms with Crippen LogP contribution in [0.1, 0.15) is 18.2 Å². The van der Waals surface area contributed by atoms with Gasteiger partial charge in [0.25, 0.3) is 0 Å². The number of benzene rings is 1. The third-order valence-corrected chi connectivity index (χ3v) is 3.51. The minimum atomic E-state index is 0.547. The fraction of sp³-hybridized carbons (Fsp3) is 0.357. The van der Waals surface area contributed by atoms with E-state index in [1.807, 2.05) is 31.2 Å². The van der Waals surface area contributed by atoms with Gasteiger partial charge in [-0.3, -0.25) is 0 Å². The maximum Gasteiger partial charge on any atom is 0.138 e. The molecule has 0 amide bonds. The van der Waals surface area contributed by atoms with Crippen LogP contribution >= 0.6 is 11.6 Å². The van der Waals surface area contributed by atoms with Crippen molar-refractivity contribution >= 4 is 11.6 Å². The number of nitrogens with zero attached hydrogens (tertiary/aromatic N) is 2. The smallest absolute Gasteiger partial charge is 0.138 e. The topological polar surface area (TPSA) is 36.3 Å². The molecule has 0 aliphatic carbocycles. The summed E-state index contributed by atoms with van der Waals surface area (Å²) in [6.45, 7) is 3.88. The lowest BCUT2D eigenvalue weighted by Crippen LogP contribution is -2.08. The molecule has 2 aromatic rings. The molecule has 1 aromatic carbocycles. The fourth-order valence-electron chi connectivity index (χ4n) is 2.18. The number of rotatable bonds is 3. The first-order valence-corrected chi connectivity index (χ1v) is 6.74. The van der Waals surface area contributed by atoms with E-state index in [0.29, 0.717) is 25.0 Å². The van der Waals surface area contributed by atoms with Gasteiger partial charge in [-0.05, 0) is 31.2 Å². The third-order valence-electron chi connectivity index (χ3n) is 3.13. The number of hydrogen-bond acceptors (Lipinski definition) is 3. The normalized spacial score (nSPS) is 14.2. The summed E-state index contributed by atoms with van der Waals surface area (Å²) in [5.74, 6) is 0.850. The molecular weight excluding hydrogens is 264 g/mol. The van der Waals surface area contributed by atoms with Crippen molar-refractivity contribution in [1.29, 1.82) is 0 Å². The maximum atomic E-state index is 6.37. The molecule has 3 rings (SSSR count). The molecule has 4 nitrogen and oxygen atoms in total. The maximum absolute atomic E-state index is 6.37. The van der Waals surface area contributed by atoms with Crippen molar-refractivity contribution in [3.05, 3.63) is 40.7 Å². The van der Waals surface area contributed by atoms with Crippen LogP contribution in [0.15, 0.2) is 24.3 Å². The molecule has 1 aromatic heterocycles. The minimum Gasteiger partial charge on any atom is -0.494 e. The van der Waals surface area contributed by atoms with Crippen LogP contribution in [-0.2, 0) is 17.8 Å². The van der Waals surface area contributed by atoms with Gasteiger partial charge in [0.05, 0.1) is 31.2 Å². The van der Waals surface area contributed by atoms with E-state index in [0.717, 1.165) is 29.1 Å². The van der Waals surface area contributed by atoms with Crippen molar-refractivity contribution in [3.8, 4) is 11.4 Å². The summed E-state index contributed by atoms with van der Waals surface area (Å²) >= 11 is 6.37. The van der Waals surface area contributed by atoms with Crippen LogP contribution in [-0.4, -0.2) is 23.0 Å². The van der Waals surface area contributed by atoms with Crippen LogP contribution in [0.25, 0.3) is 5.69 Å². The molecule has 1 aliphatic rings. The van der Waals surface area contributed by atoms with Crippen molar-refractivity contribution < 1.29 is 9.47 Å². The van der Waals surface area contributed by atoms with Crippen LogP contribution in [0.5, 0.6) is 5.75 Å². The second-order valence-electron chi connectivity index (χ2n) is 4.36. The first-order chi connectivity index (χ1) is 9.29. The highest BCUT2D eigenvalue weighted by molar-refractivity contribution is 6.30. The molecule has 0 fully saturated rings. The van der Waals surface area contributed by atoms with E-state index in [1.54, 1.807) is 4.68 Å². The molecule has 0 bridgehead atoms. The van der Waals surface area contributed by atoms with Crippen LogP contribution in [0, 0.1) is 0 Å². The number of aromatic nitrogens is 2. The highest BCUT2D eigenvalue weighted by Crippen LogP contribution is 2.27. The van der Waals surface area contributed by atoms with E-state index in [1.165, 1.54) is 0 Å². The first-order valence-electron chi connectivity index (χ1n) is 6.37. The van der Waals surface area contributed by atoms with E-state index >= 15 is 0 Å². The Labute approximate surface area is 116 Å². The molecular formula is C14H15ClN2O2. The molecule has 5 heteroatoms. The average Bonchev–Trinajstić information content (AvgIpc) is 2.78. The van der Waals surface area contributed by atoms with Crippen molar-refractivity contribution in [2.45, 2.75) is 20.0 Å². The summed E-state index contributed by atoms with van der Waals surface area (Å²) in [5, 5.41) is 5.20. The number of halogens is 1. The summed E-state index contributed by atoms with van der Waals surface area (Å²) < 4.78 is 12.6. The molecule has 19 heavy (non-hydrogen) atoms. The van der Waals surface area contributed by atoms with Gasteiger partial charge in [-0.15, -0.1) is 0 Å². The standard InChI is InChI=1S/C14H15ClN2O2/c1-2-19-11-5-3-10(4-6-11)17-14(15)12-9-18-8-7-13(12)16-17/h3-6H,2,7-9H2,1H3. The average molecular weight is 279 g/mol. The number of fused-ring (bicyclic) bond motifs is 1. The van der Waals surface area contributed by atoms with Gasteiger partial charge < -0.3 is 9.47 Å². The van der Waals surface area contributed by atoms with Crippen LogP contribution in [0.3, 0.4) is 0 Å². The Morgan fingerprint density at radius 3 is 2.84 bits per heavy atom. The van der Waals surface area contributed by atoms with E-state index in [4.69, 9.17) is 21.1 Å². The molecule has 0 saturated carbocycles. The molecule has 0 spiro atoms. The Morgan fingerprint density at radius 1 is 1.37 bits per heavy atom. The molecule has 0 saturated heterocycles. The predicted octanol–water partition coefficient (Wildman–Crippen LogP) is 3.00. The second-order valence-corrected chi connectivity index (χ2v) is 4.72. The molecule has 100 valence electrons. The Bertz CT molecular complexity index is 578. The SMILES string of the molecule is CCOc1ccc(-n2nc3c(c2Cl)COCC3)cc1. The lowest BCUT2D eigenvalue weighted by atomic mass is 10.2. The highest BCUT2D eigenvalue weighted by atomic mass is 35.5. The van der Waals surface area contributed by atoms with Gasteiger partial charge in [0.2, 0.25) is 0 Å². The Kier molecular flexibility index (Phi) is 3.44. The van der Waals surface area contributed by atoms with Gasteiger partial charge in [-0.1, -0.05) is 11.6 Å². The molecule has 0 unspecified atom stereocenters. The fourth-order valence-corrected chi connectivity index (χ4v) is 2.48. The van der Waals surface area contributed by atoms with E-state index in [2.05, 4.69) is 5.10 Å². The van der Waals surface area contributed by atoms with Crippen molar-refractivity contribution in [3.63, 3.8) is 0 Å². The van der Waals surface area contributed by atoms with E-state index in [-0.39, 0.29) is 0 Å². The van der Waals surface area contributed by atoms with Crippen molar-refractivity contribution in [2.75, 3.05) is 13.2 Å². The Balaban J connectivity index is 1.95. The summed E-state index contributed by atoms with van der Waals surface area (Å²) in [5.41, 5.74) is 2.97. The quantitative estimate of drug-likeness (QED) is 0.866. The van der Waals surface area contributed by atoms with Gasteiger partial charge >= 0.3 is 0 Å². The first kappa shape index (κ1) is 12.5. The Morgan fingerprint density at radius 2 is 2.16 bits per heavy atom. The zero-order chi connectivity index (χ0) is 13.2. The molecule has 0 radical (unpaired) electrons. The van der Waals surface area contributed by atoms with Gasteiger partial charge in [0.15, 0.2) is 0 Å². The number of ether oxygens (including phenoxy) is 2. The number of hydrogen-bond donors (Lipinski definition) is 0. The van der Waals surface area contributed by atoms with Gasteiger partial charge in [-0.25, -0.2) is 4.68 Å². The van der Waals surface area contributed by atoms with Gasteiger partial charge in [0, 0.05) is 12.0 Å². The van der Waals surface area contributed by atoms with Crippen molar-refractivity contribution in [2.24, 2.45) is 0 Å². The van der Waals surface area contributed by atoms with Gasteiger partial charge in [0.1, 0.15) is 10.9 Å². The summed E-state index contributed by atoms with van der Waals surface area (Å²) in [4.78, 5) is 0. The lowest BCUT2D eigenvalue weighted by Gasteiger charge is -2.09. The molecule has 1 aliphatic heterocycles. The molecule has 0 N–H and O–H groups in total. The summed E-state index contributed by atoms with van der Waals surface area (Å²) in [6.07, 6.45) is 0.819. The summed E-state index contributed by atoms with van der Waals surface area (Å²) in [7, 11) is 0.